The highest BCUT2D eigenvalue weighted by Crippen LogP contribution is 2.51. The molecule has 0 spiro atoms. The fraction of sp³-hybridized carbons (Fsp3) is 0.167. The molecule has 0 saturated carbocycles. The van der Waals surface area contributed by atoms with Crippen LogP contribution in [-0.4, -0.2) is 12.3 Å². The van der Waals surface area contributed by atoms with Crippen LogP contribution in [0.1, 0.15) is 12.5 Å². The second kappa shape index (κ2) is 4.22. The highest BCUT2D eigenvalue weighted by atomic mass is 15.2. The van der Waals surface area contributed by atoms with Gasteiger partial charge in [0.1, 0.15) is 5.54 Å². The third-order valence-electron chi connectivity index (χ3n) is 4.44. The van der Waals surface area contributed by atoms with E-state index in [0.29, 0.717) is 0 Å². The van der Waals surface area contributed by atoms with E-state index in [0.717, 1.165) is 5.69 Å². The fourth-order valence-corrected chi connectivity index (χ4v) is 3.39. The van der Waals surface area contributed by atoms with Crippen LogP contribution in [0.25, 0.3) is 0 Å². The Morgan fingerprint density at radius 1 is 1.14 bits per heavy atom. The number of aliphatic imine (C=N–C) groups is 1. The van der Waals surface area contributed by atoms with Crippen molar-refractivity contribution in [3.8, 4) is 0 Å². The molecular formula is C18H17N3. The molecule has 2 aromatic rings. The quantitative estimate of drug-likeness (QED) is 0.807. The third-order valence-corrected chi connectivity index (χ3v) is 4.44. The van der Waals surface area contributed by atoms with E-state index in [2.05, 4.69) is 54.3 Å². The molecule has 2 aliphatic rings. The lowest BCUT2D eigenvalue weighted by Crippen LogP contribution is -2.39. The van der Waals surface area contributed by atoms with Gasteiger partial charge in [-0.15, -0.1) is 0 Å². The predicted octanol–water partition coefficient (Wildman–Crippen LogP) is 3.64. The second-order valence-electron chi connectivity index (χ2n) is 5.74. The number of anilines is 3. The largest absolute Gasteiger partial charge is 0.399 e. The second-order valence-corrected chi connectivity index (χ2v) is 5.74. The maximum Gasteiger partial charge on any atom is 0.109 e. The molecule has 3 heteroatoms. The van der Waals surface area contributed by atoms with Gasteiger partial charge in [-0.1, -0.05) is 24.3 Å². The molecule has 0 aromatic heterocycles. The summed E-state index contributed by atoms with van der Waals surface area (Å²) in [6.45, 7) is 2.18. The summed E-state index contributed by atoms with van der Waals surface area (Å²) >= 11 is 0. The molecule has 0 radical (unpaired) electrons. The molecule has 2 heterocycles. The molecule has 4 rings (SSSR count). The monoisotopic (exact) mass is 275 g/mol. The van der Waals surface area contributed by atoms with Crippen molar-refractivity contribution >= 4 is 23.3 Å². The number of hydrogen-bond acceptors (Lipinski definition) is 3. The number of rotatable bonds is 1. The zero-order valence-electron chi connectivity index (χ0n) is 11.9. The van der Waals surface area contributed by atoms with Crippen molar-refractivity contribution in [1.82, 2.24) is 0 Å². The molecule has 3 nitrogen and oxygen atoms in total. The lowest BCUT2D eigenvalue weighted by atomic mass is 9.86. The van der Waals surface area contributed by atoms with Gasteiger partial charge in [0.25, 0.3) is 0 Å². The first-order valence-corrected chi connectivity index (χ1v) is 7.16. The minimum atomic E-state index is -0.282. The number of nitrogen functional groups attached to an aromatic ring is 1. The normalized spacial score (nSPS) is 25.8. The lowest BCUT2D eigenvalue weighted by molar-refractivity contribution is 0.469. The Labute approximate surface area is 124 Å². The number of allylic oxidation sites excluding steroid dienone is 1. The molecule has 0 amide bonds. The Hall–Kier alpha value is -2.55. The van der Waals surface area contributed by atoms with E-state index >= 15 is 0 Å². The summed E-state index contributed by atoms with van der Waals surface area (Å²) in [5.41, 5.74) is 10.1. The topological polar surface area (TPSA) is 41.6 Å². The molecule has 104 valence electrons. The molecule has 0 saturated heterocycles. The molecule has 0 bridgehead atoms. The number of dihydropyridines is 1. The summed E-state index contributed by atoms with van der Waals surface area (Å²) in [6, 6.07) is 16.8. The van der Waals surface area contributed by atoms with Crippen molar-refractivity contribution in [2.24, 2.45) is 4.99 Å². The first-order valence-electron chi connectivity index (χ1n) is 7.16. The van der Waals surface area contributed by atoms with E-state index in [1.165, 1.54) is 16.9 Å². The van der Waals surface area contributed by atoms with E-state index in [1.807, 2.05) is 24.4 Å². The summed E-state index contributed by atoms with van der Waals surface area (Å²) in [6.07, 6.45) is 6.13. The van der Waals surface area contributed by atoms with E-state index in [9.17, 15) is 0 Å². The van der Waals surface area contributed by atoms with Crippen LogP contribution in [0.3, 0.4) is 0 Å². The molecule has 2 N–H and O–H groups in total. The van der Waals surface area contributed by atoms with Crippen LogP contribution in [0.4, 0.5) is 17.1 Å². The third kappa shape index (κ3) is 1.64. The van der Waals surface area contributed by atoms with E-state index in [1.54, 1.807) is 0 Å². The highest BCUT2D eigenvalue weighted by Gasteiger charge is 2.47. The van der Waals surface area contributed by atoms with Gasteiger partial charge in [-0.05, 0) is 43.3 Å². The van der Waals surface area contributed by atoms with Crippen LogP contribution >= 0.6 is 0 Å². The molecule has 2 unspecified atom stereocenters. The van der Waals surface area contributed by atoms with Crippen LogP contribution in [-0.2, 0) is 5.54 Å². The summed E-state index contributed by atoms with van der Waals surface area (Å²) in [4.78, 5) is 7.12. The van der Waals surface area contributed by atoms with Gasteiger partial charge in [-0.25, -0.2) is 0 Å². The number of benzene rings is 2. The summed E-state index contributed by atoms with van der Waals surface area (Å²) < 4.78 is 0. The van der Waals surface area contributed by atoms with Crippen LogP contribution in [0, 0.1) is 0 Å². The number of nitrogens with two attached hydrogens (primary N) is 1. The Morgan fingerprint density at radius 2 is 1.95 bits per heavy atom. The number of nitrogens with zero attached hydrogens (tertiary/aromatic N) is 2. The number of hydrogen-bond donors (Lipinski definition) is 1. The van der Waals surface area contributed by atoms with Gasteiger partial charge in [0.05, 0.1) is 6.04 Å². The highest BCUT2D eigenvalue weighted by molar-refractivity contribution is 5.82. The Morgan fingerprint density at radius 3 is 2.76 bits per heavy atom. The molecule has 2 aliphatic heterocycles. The van der Waals surface area contributed by atoms with Gasteiger partial charge in [0, 0.05) is 28.8 Å². The molecule has 2 aromatic carbocycles. The predicted molar refractivity (Wildman–Crippen MR) is 88.2 cm³/mol. The Bertz CT molecular complexity index is 748. The molecular weight excluding hydrogens is 258 g/mol. The summed E-state index contributed by atoms with van der Waals surface area (Å²) in [5.74, 6) is 0. The van der Waals surface area contributed by atoms with Crippen molar-refractivity contribution in [3.05, 3.63) is 66.2 Å². The molecule has 0 fully saturated rings. The average Bonchev–Trinajstić information content (AvgIpc) is 2.77. The van der Waals surface area contributed by atoms with E-state index in [-0.39, 0.29) is 11.6 Å². The van der Waals surface area contributed by atoms with Crippen molar-refractivity contribution in [2.75, 3.05) is 10.6 Å². The fourth-order valence-electron chi connectivity index (χ4n) is 3.39. The van der Waals surface area contributed by atoms with Crippen LogP contribution < -0.4 is 10.6 Å². The molecule has 0 aliphatic carbocycles. The summed E-state index contributed by atoms with van der Waals surface area (Å²) in [7, 11) is 0. The summed E-state index contributed by atoms with van der Waals surface area (Å²) in [5, 5.41) is 0. The SMILES string of the molecule is CC12N=CC=CC1N(c1ccccc1)c1ccc(N)cc12. The Balaban J connectivity index is 1.97. The van der Waals surface area contributed by atoms with Crippen molar-refractivity contribution in [2.45, 2.75) is 18.5 Å². The zero-order valence-corrected chi connectivity index (χ0v) is 11.9. The number of fused-ring (bicyclic) bond motifs is 3. The number of para-hydroxylation sites is 1. The standard InChI is InChI=1S/C18H17N3/c1-18-15-12-13(19)9-10-16(15)21(14-6-3-2-4-7-14)17(18)8-5-11-20-18/h2-12,17H,19H2,1H3. The van der Waals surface area contributed by atoms with Gasteiger partial charge in [0.2, 0.25) is 0 Å². The van der Waals surface area contributed by atoms with Crippen LogP contribution in [0.15, 0.2) is 65.7 Å². The van der Waals surface area contributed by atoms with Gasteiger partial charge < -0.3 is 10.6 Å². The van der Waals surface area contributed by atoms with Crippen LogP contribution in [0.2, 0.25) is 0 Å². The zero-order chi connectivity index (χ0) is 14.4. The average molecular weight is 275 g/mol. The molecule has 2 atom stereocenters. The van der Waals surface area contributed by atoms with E-state index in [4.69, 9.17) is 10.7 Å². The smallest absolute Gasteiger partial charge is 0.109 e. The maximum absolute atomic E-state index is 6.01. The minimum Gasteiger partial charge on any atom is -0.399 e. The lowest BCUT2D eigenvalue weighted by Gasteiger charge is -2.33. The van der Waals surface area contributed by atoms with Crippen molar-refractivity contribution in [1.29, 1.82) is 0 Å². The minimum absolute atomic E-state index is 0.182. The maximum atomic E-state index is 6.01. The van der Waals surface area contributed by atoms with Gasteiger partial charge in [0.15, 0.2) is 0 Å². The first-order chi connectivity index (χ1) is 10.2. The first kappa shape index (κ1) is 12.2. The van der Waals surface area contributed by atoms with Crippen LogP contribution in [0.5, 0.6) is 0 Å². The van der Waals surface area contributed by atoms with Gasteiger partial charge >= 0.3 is 0 Å². The van der Waals surface area contributed by atoms with E-state index < -0.39 is 0 Å². The van der Waals surface area contributed by atoms with Gasteiger partial charge in [-0.2, -0.15) is 0 Å². The molecule has 21 heavy (non-hydrogen) atoms. The van der Waals surface area contributed by atoms with Crippen molar-refractivity contribution < 1.29 is 0 Å². The Kier molecular flexibility index (Phi) is 2.45. The van der Waals surface area contributed by atoms with Crippen molar-refractivity contribution in [3.63, 3.8) is 0 Å². The van der Waals surface area contributed by atoms with Gasteiger partial charge in [-0.3, -0.25) is 4.99 Å².